The predicted molar refractivity (Wildman–Crippen MR) is 144 cm³/mol. The summed E-state index contributed by atoms with van der Waals surface area (Å²) < 4.78 is 81.8. The highest BCUT2D eigenvalue weighted by Crippen LogP contribution is 2.47. The molecule has 0 amide bonds. The van der Waals surface area contributed by atoms with Gasteiger partial charge in [0.2, 0.25) is 10.0 Å². The van der Waals surface area contributed by atoms with Gasteiger partial charge < -0.3 is 5.73 Å². The second kappa shape index (κ2) is 10.7. The number of carbonyl (C=O) groups excluding carboxylic acids is 1. The van der Waals surface area contributed by atoms with Gasteiger partial charge in [0.05, 0.1) is 27.3 Å². The van der Waals surface area contributed by atoms with Gasteiger partial charge in [-0.05, 0) is 85.3 Å². The van der Waals surface area contributed by atoms with Gasteiger partial charge in [-0.15, -0.1) is 0 Å². The zero-order valence-electron chi connectivity index (χ0n) is 21.5. The summed E-state index contributed by atoms with van der Waals surface area (Å²) in [6.07, 6.45) is -0.248. The molecule has 0 bridgehead atoms. The van der Waals surface area contributed by atoms with E-state index < -0.39 is 43.7 Å². The van der Waals surface area contributed by atoms with Crippen molar-refractivity contribution in [1.82, 2.24) is 9.29 Å². The summed E-state index contributed by atoms with van der Waals surface area (Å²) in [7, 11) is -4.42. The van der Waals surface area contributed by atoms with E-state index in [0.29, 0.717) is 28.6 Å². The van der Waals surface area contributed by atoms with Crippen molar-refractivity contribution in [2.24, 2.45) is 16.1 Å². The predicted octanol–water partition coefficient (Wildman–Crippen LogP) is 5.45. The lowest BCUT2D eigenvalue weighted by Gasteiger charge is -2.45. The first-order valence-corrected chi connectivity index (χ1v) is 14.0. The Bertz CT molecular complexity index is 1680. The normalized spacial score (nSPS) is 21.9. The van der Waals surface area contributed by atoms with Crippen LogP contribution in [-0.2, 0) is 16.2 Å². The van der Waals surface area contributed by atoms with Crippen LogP contribution in [0.4, 0.5) is 23.2 Å². The topological polar surface area (TPSA) is 106 Å². The molecule has 2 aliphatic rings. The number of nitrogens with two attached hydrogens (primary N) is 1. The van der Waals surface area contributed by atoms with Crippen molar-refractivity contribution < 1.29 is 30.8 Å². The Kier molecular flexibility index (Phi) is 7.39. The van der Waals surface area contributed by atoms with E-state index in [4.69, 9.17) is 5.73 Å². The summed E-state index contributed by atoms with van der Waals surface area (Å²) in [4.78, 5) is 22.3. The van der Waals surface area contributed by atoms with Crippen LogP contribution in [0.5, 0.6) is 0 Å². The van der Waals surface area contributed by atoms with Crippen LogP contribution >= 0.6 is 0 Å². The minimum Gasteiger partial charge on any atom is -0.404 e. The van der Waals surface area contributed by atoms with E-state index in [1.54, 1.807) is 18.2 Å². The Morgan fingerprint density at radius 2 is 1.83 bits per heavy atom. The molecule has 1 atom stereocenters. The van der Waals surface area contributed by atoms with Gasteiger partial charge in [-0.1, -0.05) is 17.7 Å². The molecule has 3 aromatic rings. The molecule has 7 nitrogen and oxygen atoms in total. The maximum Gasteiger partial charge on any atom is 0.416 e. The number of aliphatic imine (C=N–C) groups is 1. The van der Waals surface area contributed by atoms with E-state index >= 15 is 0 Å². The molecule has 1 fully saturated rings. The van der Waals surface area contributed by atoms with Crippen LogP contribution in [0, 0.1) is 11.2 Å². The number of piperidine rings is 1. The average molecular weight is 585 g/mol. The van der Waals surface area contributed by atoms with E-state index in [0.717, 1.165) is 22.5 Å². The van der Waals surface area contributed by atoms with Gasteiger partial charge in [-0.25, -0.2) is 17.8 Å². The molecule has 1 aromatic heterocycles. The molecule has 212 valence electrons. The number of carbonyl (C=O) groups is 1. The summed E-state index contributed by atoms with van der Waals surface area (Å²) in [5, 5.41) is 0. The molecule has 0 unspecified atom stereocenters. The van der Waals surface area contributed by atoms with Gasteiger partial charge in [0.1, 0.15) is 11.5 Å². The monoisotopic (exact) mass is 584 g/mol. The molecule has 0 spiro atoms. The summed E-state index contributed by atoms with van der Waals surface area (Å²) >= 11 is 0. The first-order valence-electron chi connectivity index (χ1n) is 12.5. The van der Waals surface area contributed by atoms with Crippen molar-refractivity contribution in [2.45, 2.75) is 23.9 Å². The number of nitrogens with zero attached hydrogens (tertiary/aromatic N) is 3. The van der Waals surface area contributed by atoms with Gasteiger partial charge in [-0.2, -0.15) is 17.5 Å². The van der Waals surface area contributed by atoms with Gasteiger partial charge in [0.25, 0.3) is 0 Å². The minimum absolute atomic E-state index is 0.0284. The van der Waals surface area contributed by atoms with Crippen molar-refractivity contribution in [1.29, 1.82) is 0 Å². The quantitative estimate of drug-likeness (QED) is 0.317. The zero-order valence-corrected chi connectivity index (χ0v) is 22.3. The van der Waals surface area contributed by atoms with Gasteiger partial charge >= 0.3 is 6.18 Å². The molecular weight excluding hydrogens is 560 g/mol. The zero-order chi connectivity index (χ0) is 29.4. The number of rotatable bonds is 5. The number of ketones is 1. The van der Waals surface area contributed by atoms with Crippen molar-refractivity contribution >= 4 is 27.2 Å². The fourth-order valence-electron chi connectivity index (χ4n) is 5.15. The maximum absolute atomic E-state index is 14.1. The van der Waals surface area contributed by atoms with Crippen LogP contribution in [0.2, 0.25) is 0 Å². The lowest BCUT2D eigenvalue weighted by atomic mass is 9.64. The Hall–Kier alpha value is -4.16. The number of Topliss-reactive ketones (excluding diaryl/α,β-unsaturated/α-hetero) is 1. The second-order valence-corrected chi connectivity index (χ2v) is 11.7. The van der Waals surface area contributed by atoms with E-state index in [-0.39, 0.29) is 31.6 Å². The number of halogens is 4. The summed E-state index contributed by atoms with van der Waals surface area (Å²) in [6, 6.07) is 13.8. The van der Waals surface area contributed by atoms with Gasteiger partial charge in [-0.3, -0.25) is 9.78 Å². The van der Waals surface area contributed by atoms with E-state index in [1.807, 2.05) is 0 Å². The van der Waals surface area contributed by atoms with Crippen LogP contribution in [0.15, 0.2) is 106 Å². The highest BCUT2D eigenvalue weighted by molar-refractivity contribution is 7.89. The molecule has 1 aliphatic heterocycles. The Labute approximate surface area is 233 Å². The SMILES string of the molecule is N/C=C1/C[C@]2(C(=O)c3ccccn3)CN(S(=O)(=O)c3cccc(C(F)(F)F)c3)CCC2=CC1=Nc1ccc(F)cc1. The van der Waals surface area contributed by atoms with Crippen molar-refractivity contribution in [3.05, 3.63) is 113 Å². The number of hydrogen-bond acceptors (Lipinski definition) is 6. The first-order chi connectivity index (χ1) is 19.4. The van der Waals surface area contributed by atoms with Crippen molar-refractivity contribution in [3.63, 3.8) is 0 Å². The third-order valence-corrected chi connectivity index (χ3v) is 9.07. The van der Waals surface area contributed by atoms with Crippen molar-refractivity contribution in [3.8, 4) is 0 Å². The number of benzene rings is 2. The van der Waals surface area contributed by atoms with E-state index in [2.05, 4.69) is 9.98 Å². The third-order valence-electron chi connectivity index (χ3n) is 7.23. The largest absolute Gasteiger partial charge is 0.416 e. The van der Waals surface area contributed by atoms with Crippen LogP contribution in [-0.4, -0.2) is 42.3 Å². The fourth-order valence-corrected chi connectivity index (χ4v) is 6.70. The number of allylic oxidation sites excluding steroid dienone is 2. The average Bonchev–Trinajstić information content (AvgIpc) is 2.97. The van der Waals surface area contributed by atoms with Gasteiger partial charge in [0.15, 0.2) is 5.78 Å². The number of aromatic nitrogens is 1. The first kappa shape index (κ1) is 28.4. The minimum atomic E-state index is -4.73. The van der Waals surface area contributed by atoms with Crippen LogP contribution in [0.1, 0.15) is 28.9 Å². The Morgan fingerprint density at radius 3 is 2.49 bits per heavy atom. The molecular formula is C29H24F4N4O3S. The number of fused-ring (bicyclic) bond motifs is 1. The summed E-state index contributed by atoms with van der Waals surface area (Å²) in [6.45, 7) is -0.416. The molecule has 2 aromatic carbocycles. The summed E-state index contributed by atoms with van der Waals surface area (Å²) in [5.74, 6) is -0.881. The number of hydrogen-bond donors (Lipinski definition) is 1. The standard InChI is InChI=1S/C29H24F4N4O3S/c30-22-7-9-23(10-8-22)36-26-15-20-11-13-37(41(39,40)24-5-3-4-21(14-24)29(31,32)33)18-28(20,16-19(26)17-34)27(38)25-6-1-2-12-35-25/h1-10,12,14-15,17H,11,13,16,18,34H2/b19-17-,36-26?/t28-/m0/s1. The molecule has 2 heterocycles. The Balaban J connectivity index is 1.60. The van der Waals surface area contributed by atoms with Crippen LogP contribution < -0.4 is 5.73 Å². The molecule has 0 saturated carbocycles. The lowest BCUT2D eigenvalue weighted by molar-refractivity contribution is -0.137. The van der Waals surface area contributed by atoms with E-state index in [9.17, 15) is 30.8 Å². The van der Waals surface area contributed by atoms with Gasteiger partial charge in [0, 0.05) is 19.3 Å². The third kappa shape index (κ3) is 5.44. The fraction of sp³-hybridized carbons (Fsp3) is 0.207. The smallest absolute Gasteiger partial charge is 0.404 e. The number of sulfonamides is 1. The lowest BCUT2D eigenvalue weighted by Crippen LogP contribution is -2.53. The Morgan fingerprint density at radius 1 is 1.07 bits per heavy atom. The highest BCUT2D eigenvalue weighted by atomic mass is 32.2. The summed E-state index contributed by atoms with van der Waals surface area (Å²) in [5.41, 5.74) is 5.46. The van der Waals surface area contributed by atoms with Crippen LogP contribution in [0.3, 0.4) is 0 Å². The van der Waals surface area contributed by atoms with Crippen LogP contribution in [0.25, 0.3) is 0 Å². The highest BCUT2D eigenvalue weighted by Gasteiger charge is 2.51. The molecule has 5 rings (SSSR count). The number of alkyl halides is 3. The molecule has 0 radical (unpaired) electrons. The molecule has 1 aliphatic carbocycles. The molecule has 12 heteroatoms. The van der Waals surface area contributed by atoms with Crippen molar-refractivity contribution in [2.75, 3.05) is 13.1 Å². The second-order valence-electron chi connectivity index (χ2n) is 9.75. The number of pyridine rings is 1. The maximum atomic E-state index is 14.1. The molecule has 41 heavy (non-hydrogen) atoms. The van der Waals surface area contributed by atoms with E-state index in [1.165, 1.54) is 42.7 Å². The molecule has 2 N–H and O–H groups in total. The molecule has 1 saturated heterocycles.